The van der Waals surface area contributed by atoms with Crippen LogP contribution < -0.4 is 10.2 Å². The molecule has 0 radical (unpaired) electrons. The summed E-state index contributed by atoms with van der Waals surface area (Å²) in [6.07, 6.45) is 1.30. The van der Waals surface area contributed by atoms with Crippen molar-refractivity contribution in [2.45, 2.75) is 6.92 Å². The Balaban J connectivity index is 1.70. The fourth-order valence-electron chi connectivity index (χ4n) is 3.28. The van der Waals surface area contributed by atoms with Crippen LogP contribution in [0.15, 0.2) is 58.5 Å². The molecule has 2 heterocycles. The number of thiocarbonyl (C=S) groups is 1. The lowest BCUT2D eigenvalue weighted by Crippen LogP contribution is -2.54. The summed E-state index contributed by atoms with van der Waals surface area (Å²) in [6.45, 7) is 1.74. The first-order valence-corrected chi connectivity index (χ1v) is 10.6. The third-order valence-electron chi connectivity index (χ3n) is 4.98. The Morgan fingerprint density at radius 3 is 2.61 bits per heavy atom. The fraction of sp³-hybridized carbons (Fsp3) is 0.0435. The molecule has 1 fully saturated rings. The number of nitrogens with zero attached hydrogens (tertiary/aromatic N) is 1. The van der Waals surface area contributed by atoms with Gasteiger partial charge in [-0.15, -0.1) is 0 Å². The highest BCUT2D eigenvalue weighted by molar-refractivity contribution is 7.80. The van der Waals surface area contributed by atoms with E-state index in [1.807, 2.05) is 0 Å². The molecule has 166 valence electrons. The summed E-state index contributed by atoms with van der Waals surface area (Å²) in [7, 11) is 0. The van der Waals surface area contributed by atoms with Crippen LogP contribution >= 0.6 is 35.4 Å². The smallest absolute Gasteiger partial charge is 0.337 e. The predicted octanol–water partition coefficient (Wildman–Crippen LogP) is 5.09. The van der Waals surface area contributed by atoms with E-state index in [1.165, 1.54) is 23.1 Å². The maximum atomic E-state index is 13.2. The molecule has 0 atom stereocenters. The Bertz CT molecular complexity index is 1380. The molecule has 2 N–H and O–H groups in total. The Labute approximate surface area is 203 Å². The van der Waals surface area contributed by atoms with Crippen molar-refractivity contribution in [1.29, 1.82) is 0 Å². The molecule has 0 unspecified atom stereocenters. The lowest BCUT2D eigenvalue weighted by atomic mass is 10.1. The Hall–Kier alpha value is -3.46. The quantitative estimate of drug-likeness (QED) is 0.294. The van der Waals surface area contributed by atoms with Gasteiger partial charge < -0.3 is 9.52 Å². The molecule has 10 heteroatoms. The van der Waals surface area contributed by atoms with Crippen molar-refractivity contribution in [1.82, 2.24) is 5.32 Å². The van der Waals surface area contributed by atoms with Crippen LogP contribution in [0.25, 0.3) is 17.4 Å². The molecule has 1 aliphatic heterocycles. The molecule has 3 aromatic rings. The van der Waals surface area contributed by atoms with Gasteiger partial charge >= 0.3 is 5.97 Å². The SMILES string of the molecule is Cc1c(Cl)cccc1N1C(=O)/C(=C\c2ccc(-c3ccc(Cl)c(C(=O)O)c3)o2)C(=O)NC1=S. The summed E-state index contributed by atoms with van der Waals surface area (Å²) in [4.78, 5) is 38.2. The summed E-state index contributed by atoms with van der Waals surface area (Å²) in [5, 5.41) is 12.3. The van der Waals surface area contributed by atoms with Gasteiger partial charge in [0.05, 0.1) is 16.3 Å². The van der Waals surface area contributed by atoms with Crippen LogP contribution in [0, 0.1) is 6.92 Å². The minimum absolute atomic E-state index is 0.0602. The van der Waals surface area contributed by atoms with Gasteiger partial charge in [0.15, 0.2) is 5.11 Å². The van der Waals surface area contributed by atoms with E-state index in [4.69, 9.17) is 39.8 Å². The molecule has 4 rings (SSSR count). The van der Waals surface area contributed by atoms with Crippen LogP contribution in [0.1, 0.15) is 21.7 Å². The first-order chi connectivity index (χ1) is 15.7. The average Bonchev–Trinajstić information content (AvgIpc) is 3.23. The minimum Gasteiger partial charge on any atom is -0.478 e. The maximum Gasteiger partial charge on any atom is 0.337 e. The molecule has 1 aromatic heterocycles. The number of halogens is 2. The number of carbonyl (C=O) groups excluding carboxylic acids is 2. The van der Waals surface area contributed by atoms with Crippen molar-refractivity contribution in [2.24, 2.45) is 0 Å². The number of benzene rings is 2. The molecule has 33 heavy (non-hydrogen) atoms. The Kier molecular flexibility index (Phi) is 6.07. The van der Waals surface area contributed by atoms with Crippen molar-refractivity contribution < 1.29 is 23.9 Å². The van der Waals surface area contributed by atoms with E-state index in [0.29, 0.717) is 27.6 Å². The third-order valence-corrected chi connectivity index (χ3v) is 6.00. The lowest BCUT2D eigenvalue weighted by molar-refractivity contribution is -0.122. The molecular formula is C23H14Cl2N2O5S. The Morgan fingerprint density at radius 1 is 1.12 bits per heavy atom. The van der Waals surface area contributed by atoms with Crippen LogP contribution in [0.2, 0.25) is 10.0 Å². The number of hydrogen-bond acceptors (Lipinski definition) is 5. The zero-order valence-electron chi connectivity index (χ0n) is 16.9. The first-order valence-electron chi connectivity index (χ1n) is 9.47. The van der Waals surface area contributed by atoms with Gasteiger partial charge in [-0.05, 0) is 73.2 Å². The molecule has 1 aliphatic rings. The summed E-state index contributed by atoms with van der Waals surface area (Å²) in [5.41, 5.74) is 1.28. The molecule has 0 bridgehead atoms. The van der Waals surface area contributed by atoms with E-state index in [2.05, 4.69) is 5.32 Å². The molecule has 0 saturated carbocycles. The van der Waals surface area contributed by atoms with Crippen molar-refractivity contribution in [3.63, 3.8) is 0 Å². The Morgan fingerprint density at radius 2 is 1.88 bits per heavy atom. The monoisotopic (exact) mass is 500 g/mol. The lowest BCUT2D eigenvalue weighted by Gasteiger charge is -2.30. The highest BCUT2D eigenvalue weighted by Crippen LogP contribution is 2.31. The first kappa shape index (κ1) is 22.7. The second kappa shape index (κ2) is 8.82. The van der Waals surface area contributed by atoms with Gasteiger partial charge in [0.25, 0.3) is 11.8 Å². The number of carbonyl (C=O) groups is 3. The van der Waals surface area contributed by atoms with Gasteiger partial charge in [-0.1, -0.05) is 29.3 Å². The zero-order valence-corrected chi connectivity index (χ0v) is 19.2. The number of furan rings is 1. The number of aromatic carboxylic acids is 1. The van der Waals surface area contributed by atoms with E-state index in [-0.39, 0.29) is 27.0 Å². The highest BCUT2D eigenvalue weighted by atomic mass is 35.5. The molecular weight excluding hydrogens is 487 g/mol. The zero-order chi connectivity index (χ0) is 23.9. The molecule has 7 nitrogen and oxygen atoms in total. The van der Waals surface area contributed by atoms with Crippen molar-refractivity contribution >= 4 is 70.1 Å². The number of carboxylic acid groups (broad SMARTS) is 1. The van der Waals surface area contributed by atoms with E-state index in [1.54, 1.807) is 43.3 Å². The fourth-order valence-corrected chi connectivity index (χ4v) is 3.93. The second-order valence-corrected chi connectivity index (χ2v) is 8.24. The average molecular weight is 501 g/mol. The van der Waals surface area contributed by atoms with Gasteiger partial charge in [-0.3, -0.25) is 19.8 Å². The molecule has 0 aliphatic carbocycles. The van der Waals surface area contributed by atoms with Gasteiger partial charge in [-0.25, -0.2) is 4.79 Å². The summed E-state index contributed by atoms with van der Waals surface area (Å²) in [6, 6.07) is 12.6. The van der Waals surface area contributed by atoms with Crippen LogP contribution in [0.5, 0.6) is 0 Å². The number of hydrogen-bond donors (Lipinski definition) is 2. The largest absolute Gasteiger partial charge is 0.478 e. The maximum absolute atomic E-state index is 13.2. The van der Waals surface area contributed by atoms with Crippen molar-refractivity contribution in [3.8, 4) is 11.3 Å². The second-order valence-electron chi connectivity index (χ2n) is 7.04. The minimum atomic E-state index is -1.17. The summed E-state index contributed by atoms with van der Waals surface area (Å²) < 4.78 is 5.74. The molecule has 2 amide bonds. The van der Waals surface area contributed by atoms with Gasteiger partial charge in [0, 0.05) is 10.6 Å². The highest BCUT2D eigenvalue weighted by Gasteiger charge is 2.35. The number of nitrogens with one attached hydrogen (secondary N) is 1. The van der Waals surface area contributed by atoms with Crippen LogP contribution in [-0.4, -0.2) is 28.0 Å². The van der Waals surface area contributed by atoms with Crippen LogP contribution in [0.4, 0.5) is 5.69 Å². The molecule has 1 saturated heterocycles. The standard InChI is InChI=1S/C23H14Cl2N2O5S/c1-11-16(24)3-2-4-18(11)27-21(29)15(20(28)26-23(27)33)10-13-6-8-19(32-13)12-5-7-17(25)14(9-12)22(30)31/h2-10H,1H3,(H,30,31)(H,26,28,33)/b15-10-. The number of rotatable bonds is 4. The van der Waals surface area contributed by atoms with Gasteiger partial charge in [0.2, 0.25) is 0 Å². The number of carboxylic acids is 1. The van der Waals surface area contributed by atoms with Gasteiger partial charge in [-0.2, -0.15) is 0 Å². The number of anilines is 1. The van der Waals surface area contributed by atoms with Crippen LogP contribution in [0.3, 0.4) is 0 Å². The third kappa shape index (κ3) is 4.28. The predicted molar refractivity (Wildman–Crippen MR) is 129 cm³/mol. The normalized spacial score (nSPS) is 15.2. The van der Waals surface area contributed by atoms with Gasteiger partial charge in [0.1, 0.15) is 17.1 Å². The van der Waals surface area contributed by atoms with Crippen molar-refractivity contribution in [2.75, 3.05) is 4.90 Å². The summed E-state index contributed by atoms with van der Waals surface area (Å²) >= 11 is 17.3. The van der Waals surface area contributed by atoms with E-state index in [0.717, 1.165) is 0 Å². The molecule has 0 spiro atoms. The number of amides is 2. The van der Waals surface area contributed by atoms with E-state index < -0.39 is 17.8 Å². The topological polar surface area (TPSA) is 99.8 Å². The van der Waals surface area contributed by atoms with Crippen LogP contribution in [-0.2, 0) is 9.59 Å². The molecule has 2 aromatic carbocycles. The van der Waals surface area contributed by atoms with E-state index in [9.17, 15) is 19.5 Å². The van der Waals surface area contributed by atoms with Crippen molar-refractivity contribution in [3.05, 3.63) is 81.0 Å². The van der Waals surface area contributed by atoms with E-state index >= 15 is 0 Å². The summed E-state index contributed by atoms with van der Waals surface area (Å²) in [5.74, 6) is -1.92.